The summed E-state index contributed by atoms with van der Waals surface area (Å²) in [7, 11) is 0. The summed E-state index contributed by atoms with van der Waals surface area (Å²) >= 11 is 0. The van der Waals surface area contributed by atoms with Gasteiger partial charge in [-0.05, 0) is 19.8 Å². The Hall–Kier alpha value is -0.640. The van der Waals surface area contributed by atoms with Crippen LogP contribution in [0.4, 0.5) is 4.39 Å². The third kappa shape index (κ3) is 1.10. The van der Waals surface area contributed by atoms with Crippen LogP contribution in [0.5, 0.6) is 0 Å². The molecule has 4 heteroatoms. The Balaban J connectivity index is 2.16. The molecule has 1 saturated carbocycles. The monoisotopic (exact) mass is 201 g/mol. The predicted octanol–water partition coefficient (Wildman–Crippen LogP) is 1.03. The predicted molar refractivity (Wildman–Crippen MR) is 49.6 cm³/mol. The smallest absolute Gasteiger partial charge is 0.345 e. The number of nitrogens with one attached hydrogen (secondary N) is 1. The largest absolute Gasteiger partial charge is 0.464 e. The van der Waals surface area contributed by atoms with Crippen molar-refractivity contribution in [2.45, 2.75) is 31.9 Å². The van der Waals surface area contributed by atoms with Crippen molar-refractivity contribution in [1.29, 1.82) is 0 Å². The fraction of sp³-hybridized carbons (Fsp3) is 0.900. The lowest BCUT2D eigenvalue weighted by Crippen LogP contribution is -2.54. The van der Waals surface area contributed by atoms with Crippen molar-refractivity contribution in [3.8, 4) is 0 Å². The molecule has 2 aliphatic rings. The van der Waals surface area contributed by atoms with Crippen molar-refractivity contribution >= 4 is 5.97 Å². The van der Waals surface area contributed by atoms with Crippen molar-refractivity contribution in [1.82, 2.24) is 5.32 Å². The molecule has 0 aromatic carbocycles. The Morgan fingerprint density at radius 3 is 2.71 bits per heavy atom. The fourth-order valence-electron chi connectivity index (χ4n) is 2.51. The number of carbonyl (C=O) groups is 1. The molecule has 0 bridgehead atoms. The van der Waals surface area contributed by atoms with Gasteiger partial charge in [0.1, 0.15) is 0 Å². The van der Waals surface area contributed by atoms with Gasteiger partial charge in [-0.3, -0.25) is 0 Å². The van der Waals surface area contributed by atoms with Gasteiger partial charge in [0.25, 0.3) is 0 Å². The number of rotatable bonds is 2. The first-order chi connectivity index (χ1) is 6.65. The summed E-state index contributed by atoms with van der Waals surface area (Å²) in [5.74, 6) is -0.676. The molecule has 80 valence electrons. The topological polar surface area (TPSA) is 38.3 Å². The molecule has 0 radical (unpaired) electrons. The van der Waals surface area contributed by atoms with Crippen molar-refractivity contribution in [2.75, 3.05) is 19.7 Å². The molecular weight excluding hydrogens is 185 g/mol. The minimum atomic E-state index is -1.78. The van der Waals surface area contributed by atoms with Crippen LogP contribution >= 0.6 is 0 Å². The summed E-state index contributed by atoms with van der Waals surface area (Å²) in [5, 5.41) is 2.97. The molecule has 1 aliphatic heterocycles. The first-order valence-electron chi connectivity index (χ1n) is 5.21. The molecule has 1 spiro atoms. The first-order valence-corrected chi connectivity index (χ1v) is 5.21. The number of alkyl halides is 1. The lowest BCUT2D eigenvalue weighted by atomic mass is 9.61. The van der Waals surface area contributed by atoms with Crippen LogP contribution in [-0.2, 0) is 9.53 Å². The minimum Gasteiger partial charge on any atom is -0.464 e. The molecule has 0 aromatic rings. The van der Waals surface area contributed by atoms with Crippen LogP contribution in [0.25, 0.3) is 0 Å². The van der Waals surface area contributed by atoms with E-state index in [9.17, 15) is 9.18 Å². The number of hydrogen-bond acceptors (Lipinski definition) is 3. The lowest BCUT2D eigenvalue weighted by Gasteiger charge is -2.44. The van der Waals surface area contributed by atoms with Gasteiger partial charge in [0.2, 0.25) is 5.67 Å². The summed E-state index contributed by atoms with van der Waals surface area (Å²) < 4.78 is 19.3. The Labute approximate surface area is 83.0 Å². The SMILES string of the molecule is CCOC(=O)[C@]1(F)CNCC12CCC2. The van der Waals surface area contributed by atoms with Gasteiger partial charge >= 0.3 is 5.97 Å². The minimum absolute atomic E-state index is 0.117. The van der Waals surface area contributed by atoms with E-state index in [2.05, 4.69) is 5.32 Å². The Morgan fingerprint density at radius 1 is 1.50 bits per heavy atom. The van der Waals surface area contributed by atoms with Crippen molar-refractivity contribution in [3.05, 3.63) is 0 Å². The van der Waals surface area contributed by atoms with E-state index in [1.807, 2.05) is 0 Å². The second kappa shape index (κ2) is 3.19. The van der Waals surface area contributed by atoms with Gasteiger partial charge in [-0.2, -0.15) is 0 Å². The van der Waals surface area contributed by atoms with Gasteiger partial charge in [0, 0.05) is 18.5 Å². The third-order valence-electron chi connectivity index (χ3n) is 3.58. The van der Waals surface area contributed by atoms with Crippen LogP contribution in [0, 0.1) is 5.41 Å². The van der Waals surface area contributed by atoms with E-state index in [0.717, 1.165) is 19.3 Å². The van der Waals surface area contributed by atoms with Gasteiger partial charge in [-0.15, -0.1) is 0 Å². The Bertz CT molecular complexity index is 253. The summed E-state index contributed by atoms with van der Waals surface area (Å²) in [6.45, 7) is 2.69. The molecule has 0 amide bonds. The molecule has 1 heterocycles. The maximum atomic E-state index is 14.5. The highest BCUT2D eigenvalue weighted by molar-refractivity contribution is 5.82. The zero-order valence-corrected chi connectivity index (χ0v) is 8.44. The average molecular weight is 201 g/mol. The van der Waals surface area contributed by atoms with E-state index >= 15 is 0 Å². The summed E-state index contributed by atoms with van der Waals surface area (Å²) in [6, 6.07) is 0. The molecular formula is C10H16FNO2. The molecule has 1 saturated heterocycles. The highest BCUT2D eigenvalue weighted by atomic mass is 19.1. The maximum absolute atomic E-state index is 14.5. The van der Waals surface area contributed by atoms with Gasteiger partial charge in [-0.25, -0.2) is 9.18 Å². The zero-order chi connectivity index (χ0) is 10.2. The third-order valence-corrected chi connectivity index (χ3v) is 3.58. The molecule has 14 heavy (non-hydrogen) atoms. The molecule has 2 fully saturated rings. The summed E-state index contributed by atoms with van der Waals surface area (Å²) in [4.78, 5) is 11.5. The fourth-order valence-corrected chi connectivity index (χ4v) is 2.51. The number of esters is 1. The van der Waals surface area contributed by atoms with Crippen LogP contribution < -0.4 is 5.32 Å². The van der Waals surface area contributed by atoms with E-state index in [4.69, 9.17) is 4.74 Å². The normalized spacial score (nSPS) is 34.1. The number of halogens is 1. The second-order valence-corrected chi connectivity index (χ2v) is 4.26. The molecule has 3 nitrogen and oxygen atoms in total. The van der Waals surface area contributed by atoms with E-state index < -0.39 is 17.1 Å². The highest BCUT2D eigenvalue weighted by Gasteiger charge is 2.64. The highest BCUT2D eigenvalue weighted by Crippen LogP contribution is 2.53. The van der Waals surface area contributed by atoms with Crippen LogP contribution in [0.3, 0.4) is 0 Å². The zero-order valence-electron chi connectivity index (χ0n) is 8.44. The average Bonchev–Trinajstić information content (AvgIpc) is 2.44. The van der Waals surface area contributed by atoms with Crippen molar-refractivity contribution in [2.24, 2.45) is 5.41 Å². The van der Waals surface area contributed by atoms with Crippen LogP contribution in [-0.4, -0.2) is 31.3 Å². The number of carbonyl (C=O) groups excluding carboxylic acids is 1. The molecule has 1 atom stereocenters. The Morgan fingerprint density at radius 2 is 2.21 bits per heavy atom. The van der Waals surface area contributed by atoms with Gasteiger partial charge in [0.05, 0.1) is 6.61 Å². The van der Waals surface area contributed by atoms with Gasteiger partial charge in [0.15, 0.2) is 0 Å². The molecule has 0 aromatic heterocycles. The standard InChI is InChI=1S/C10H16FNO2/c1-2-14-8(13)10(11)7-12-6-9(10)4-3-5-9/h12H,2-7H2,1H3/t10-/m1/s1. The number of ether oxygens (including phenoxy) is 1. The summed E-state index contributed by atoms with van der Waals surface area (Å²) in [5.41, 5.74) is -2.24. The number of hydrogen-bond donors (Lipinski definition) is 1. The second-order valence-electron chi connectivity index (χ2n) is 4.26. The van der Waals surface area contributed by atoms with E-state index in [-0.39, 0.29) is 13.2 Å². The molecule has 0 unspecified atom stereocenters. The summed E-state index contributed by atoms with van der Waals surface area (Å²) in [6.07, 6.45) is 2.62. The van der Waals surface area contributed by atoms with Crippen LogP contribution in [0.15, 0.2) is 0 Å². The molecule has 2 rings (SSSR count). The van der Waals surface area contributed by atoms with E-state index in [1.165, 1.54) is 0 Å². The van der Waals surface area contributed by atoms with Crippen LogP contribution in [0.2, 0.25) is 0 Å². The maximum Gasteiger partial charge on any atom is 0.345 e. The molecule has 1 aliphatic carbocycles. The molecule has 1 N–H and O–H groups in total. The van der Waals surface area contributed by atoms with E-state index in [1.54, 1.807) is 6.92 Å². The van der Waals surface area contributed by atoms with Gasteiger partial charge in [-0.1, -0.05) is 6.42 Å². The van der Waals surface area contributed by atoms with E-state index in [0.29, 0.717) is 6.54 Å². The van der Waals surface area contributed by atoms with Crippen molar-refractivity contribution < 1.29 is 13.9 Å². The first kappa shape index (κ1) is 9.90. The van der Waals surface area contributed by atoms with Crippen molar-refractivity contribution in [3.63, 3.8) is 0 Å². The quantitative estimate of drug-likeness (QED) is 0.678. The van der Waals surface area contributed by atoms with Crippen LogP contribution in [0.1, 0.15) is 26.2 Å². The van der Waals surface area contributed by atoms with Gasteiger partial charge < -0.3 is 10.1 Å². The lowest BCUT2D eigenvalue weighted by molar-refractivity contribution is -0.168. The Kier molecular flexibility index (Phi) is 2.26.